The van der Waals surface area contributed by atoms with Gasteiger partial charge in [0.2, 0.25) is 0 Å². The molecule has 1 aromatic heterocycles. The third kappa shape index (κ3) is 2.39. The maximum absolute atomic E-state index is 10.9. The molecule has 1 N–H and O–H groups in total. The Morgan fingerprint density at radius 3 is 2.68 bits per heavy atom. The summed E-state index contributed by atoms with van der Waals surface area (Å²) in [5.41, 5.74) is -0.0955. The number of furan rings is 1. The van der Waals surface area contributed by atoms with Gasteiger partial charge in [-0.15, -0.1) is 0 Å². The van der Waals surface area contributed by atoms with Gasteiger partial charge in [-0.05, 0) is 49.9 Å². The van der Waals surface area contributed by atoms with E-state index in [2.05, 4.69) is 0 Å². The van der Waals surface area contributed by atoms with E-state index in [0.717, 1.165) is 23.8 Å². The minimum atomic E-state index is -0.883. The van der Waals surface area contributed by atoms with Gasteiger partial charge in [0.1, 0.15) is 16.9 Å². The summed E-state index contributed by atoms with van der Waals surface area (Å²) in [6.45, 7) is 1.88. The fourth-order valence-electron chi connectivity index (χ4n) is 3.13. The highest BCUT2D eigenvalue weighted by Gasteiger charge is 2.37. The van der Waals surface area contributed by atoms with Crippen LogP contribution in [0, 0.1) is 5.92 Å². The zero-order valence-electron chi connectivity index (χ0n) is 11.2. The fraction of sp³-hybridized carbons (Fsp3) is 0.500. The molecule has 2 aromatic rings. The van der Waals surface area contributed by atoms with Crippen molar-refractivity contribution in [3.8, 4) is 0 Å². The highest BCUT2D eigenvalue weighted by molar-refractivity contribution is 6.31. The Morgan fingerprint density at radius 1 is 1.21 bits per heavy atom. The van der Waals surface area contributed by atoms with Crippen molar-refractivity contribution in [3.63, 3.8) is 0 Å². The van der Waals surface area contributed by atoms with E-state index in [1.807, 2.05) is 31.2 Å². The van der Waals surface area contributed by atoms with Gasteiger partial charge < -0.3 is 9.52 Å². The predicted octanol–water partition coefficient (Wildman–Crippen LogP) is 4.87. The highest BCUT2D eigenvalue weighted by Crippen LogP contribution is 2.41. The Balaban J connectivity index is 1.97. The number of fused-ring (bicyclic) bond motifs is 1. The molecule has 1 fully saturated rings. The monoisotopic (exact) mass is 278 g/mol. The lowest BCUT2D eigenvalue weighted by Gasteiger charge is -2.33. The van der Waals surface area contributed by atoms with Gasteiger partial charge in [-0.3, -0.25) is 0 Å². The van der Waals surface area contributed by atoms with Gasteiger partial charge in [0.05, 0.1) is 0 Å². The van der Waals surface area contributed by atoms with E-state index >= 15 is 0 Å². The summed E-state index contributed by atoms with van der Waals surface area (Å²) in [4.78, 5) is 0. The predicted molar refractivity (Wildman–Crippen MR) is 77.4 cm³/mol. The van der Waals surface area contributed by atoms with E-state index in [9.17, 15) is 5.11 Å². The summed E-state index contributed by atoms with van der Waals surface area (Å²) in [5.74, 6) is 0.953. The molecule has 0 saturated heterocycles. The molecule has 0 aliphatic heterocycles. The molecular weight excluding hydrogens is 260 g/mol. The number of aliphatic hydroxyl groups is 1. The number of benzene rings is 1. The molecule has 2 nitrogen and oxygen atoms in total. The van der Waals surface area contributed by atoms with Crippen LogP contribution in [0.3, 0.4) is 0 Å². The second-order valence-corrected chi connectivity index (χ2v) is 6.21. The van der Waals surface area contributed by atoms with E-state index in [4.69, 9.17) is 16.0 Å². The van der Waals surface area contributed by atoms with Gasteiger partial charge in [-0.1, -0.05) is 30.9 Å². The van der Waals surface area contributed by atoms with Gasteiger partial charge in [-0.25, -0.2) is 0 Å². The first-order valence-corrected chi connectivity index (χ1v) is 7.37. The van der Waals surface area contributed by atoms with Gasteiger partial charge in [0.25, 0.3) is 0 Å². The molecule has 1 unspecified atom stereocenters. The maximum atomic E-state index is 10.9. The molecule has 1 heterocycles. The Bertz CT molecular complexity index is 579. The van der Waals surface area contributed by atoms with Crippen LogP contribution in [-0.4, -0.2) is 5.11 Å². The SMILES string of the molecule is CC(O)(c1cc2cc(Cl)ccc2o1)C1CCCCC1. The van der Waals surface area contributed by atoms with Crippen molar-refractivity contribution in [1.29, 1.82) is 0 Å². The van der Waals surface area contributed by atoms with Crippen molar-refractivity contribution in [2.45, 2.75) is 44.6 Å². The molecule has 1 aliphatic carbocycles. The largest absolute Gasteiger partial charge is 0.458 e. The molecular formula is C16H19ClO2. The quantitative estimate of drug-likeness (QED) is 0.850. The van der Waals surface area contributed by atoms with Crippen LogP contribution in [0.5, 0.6) is 0 Å². The Labute approximate surface area is 118 Å². The zero-order chi connectivity index (χ0) is 13.5. The van der Waals surface area contributed by atoms with Crippen LogP contribution in [-0.2, 0) is 5.60 Å². The molecule has 0 bridgehead atoms. The summed E-state index contributed by atoms with van der Waals surface area (Å²) >= 11 is 5.99. The average Bonchev–Trinajstić information content (AvgIpc) is 2.83. The van der Waals surface area contributed by atoms with Gasteiger partial charge in [0.15, 0.2) is 0 Å². The normalized spacial score (nSPS) is 20.6. The van der Waals surface area contributed by atoms with Crippen LogP contribution >= 0.6 is 11.6 Å². The van der Waals surface area contributed by atoms with Crippen LogP contribution in [0.15, 0.2) is 28.7 Å². The van der Waals surface area contributed by atoms with E-state index in [1.165, 1.54) is 19.3 Å². The lowest BCUT2D eigenvalue weighted by molar-refractivity contribution is -0.0378. The smallest absolute Gasteiger partial charge is 0.136 e. The third-order valence-electron chi connectivity index (χ3n) is 4.38. The summed E-state index contributed by atoms with van der Waals surface area (Å²) in [5, 5.41) is 12.5. The highest BCUT2D eigenvalue weighted by atomic mass is 35.5. The summed E-state index contributed by atoms with van der Waals surface area (Å²) < 4.78 is 5.83. The van der Waals surface area contributed by atoms with Crippen LogP contribution in [0.25, 0.3) is 11.0 Å². The van der Waals surface area contributed by atoms with Crippen molar-refractivity contribution in [2.24, 2.45) is 5.92 Å². The second-order valence-electron chi connectivity index (χ2n) is 5.78. The van der Waals surface area contributed by atoms with Crippen molar-refractivity contribution in [3.05, 3.63) is 35.0 Å². The van der Waals surface area contributed by atoms with Crippen molar-refractivity contribution < 1.29 is 9.52 Å². The second kappa shape index (κ2) is 4.84. The molecule has 3 heteroatoms. The molecule has 0 amide bonds. The third-order valence-corrected chi connectivity index (χ3v) is 4.61. The summed E-state index contributed by atoms with van der Waals surface area (Å²) in [7, 11) is 0. The lowest BCUT2D eigenvalue weighted by Crippen LogP contribution is -2.32. The summed E-state index contributed by atoms with van der Waals surface area (Å²) in [6.07, 6.45) is 5.83. The molecule has 0 radical (unpaired) electrons. The van der Waals surface area contributed by atoms with Gasteiger partial charge in [-0.2, -0.15) is 0 Å². The standard InChI is InChI=1S/C16H19ClO2/c1-16(18,12-5-3-2-4-6-12)15-10-11-9-13(17)7-8-14(11)19-15/h7-10,12,18H,2-6H2,1H3. The molecule has 102 valence electrons. The Morgan fingerprint density at radius 2 is 1.95 bits per heavy atom. The maximum Gasteiger partial charge on any atom is 0.136 e. The molecule has 1 saturated carbocycles. The minimum Gasteiger partial charge on any atom is -0.458 e. The zero-order valence-corrected chi connectivity index (χ0v) is 11.9. The molecule has 19 heavy (non-hydrogen) atoms. The Kier molecular flexibility index (Phi) is 3.32. The van der Waals surface area contributed by atoms with E-state index < -0.39 is 5.60 Å². The number of hydrogen-bond acceptors (Lipinski definition) is 2. The van der Waals surface area contributed by atoms with Crippen molar-refractivity contribution in [2.75, 3.05) is 0 Å². The van der Waals surface area contributed by atoms with Crippen LogP contribution in [0.4, 0.5) is 0 Å². The first-order valence-electron chi connectivity index (χ1n) is 6.99. The number of hydrogen-bond donors (Lipinski definition) is 1. The first-order chi connectivity index (χ1) is 9.07. The number of halogens is 1. The fourth-order valence-corrected chi connectivity index (χ4v) is 3.31. The van der Waals surface area contributed by atoms with Crippen molar-refractivity contribution >= 4 is 22.6 Å². The molecule has 1 aromatic carbocycles. The summed E-state index contributed by atoms with van der Waals surface area (Å²) in [6, 6.07) is 7.47. The molecule has 1 atom stereocenters. The van der Waals surface area contributed by atoms with Crippen LogP contribution in [0.2, 0.25) is 5.02 Å². The number of rotatable bonds is 2. The lowest BCUT2D eigenvalue weighted by atomic mass is 9.76. The van der Waals surface area contributed by atoms with E-state index in [0.29, 0.717) is 10.8 Å². The van der Waals surface area contributed by atoms with E-state index in [1.54, 1.807) is 0 Å². The van der Waals surface area contributed by atoms with Gasteiger partial charge >= 0.3 is 0 Å². The first kappa shape index (κ1) is 13.0. The van der Waals surface area contributed by atoms with Crippen molar-refractivity contribution in [1.82, 2.24) is 0 Å². The Hall–Kier alpha value is -0.990. The topological polar surface area (TPSA) is 33.4 Å². The van der Waals surface area contributed by atoms with Crippen LogP contribution in [0.1, 0.15) is 44.8 Å². The molecule has 1 aliphatic rings. The molecule has 3 rings (SSSR count). The van der Waals surface area contributed by atoms with E-state index in [-0.39, 0.29) is 5.92 Å². The average molecular weight is 279 g/mol. The minimum absolute atomic E-state index is 0.289. The van der Waals surface area contributed by atoms with Crippen LogP contribution < -0.4 is 0 Å². The molecule has 0 spiro atoms. The van der Waals surface area contributed by atoms with Gasteiger partial charge in [0, 0.05) is 10.4 Å².